The molecule has 20 heavy (non-hydrogen) atoms. The van der Waals surface area contributed by atoms with Crippen LogP contribution in [0, 0.1) is 0 Å². The maximum absolute atomic E-state index is 12.4. The van der Waals surface area contributed by atoms with E-state index in [0.29, 0.717) is 9.87 Å². The van der Waals surface area contributed by atoms with Crippen LogP contribution in [0.25, 0.3) is 0 Å². The van der Waals surface area contributed by atoms with Crippen molar-refractivity contribution < 1.29 is 21.6 Å². The fraction of sp³-hybridized carbons (Fsp3) is 0.545. The van der Waals surface area contributed by atoms with Crippen molar-refractivity contribution in [3.8, 4) is 0 Å². The zero-order valence-corrected chi connectivity index (χ0v) is 11.5. The number of nitrogens with two attached hydrogens (primary N) is 1. The monoisotopic (exact) mass is 311 g/mol. The second-order valence-corrected chi connectivity index (χ2v) is 6.25. The molecule has 0 bridgehead atoms. The van der Waals surface area contributed by atoms with Gasteiger partial charge in [0, 0.05) is 25.5 Å². The molecule has 0 saturated carbocycles. The molecule has 9 heteroatoms. The summed E-state index contributed by atoms with van der Waals surface area (Å²) < 4.78 is 61.3. The fourth-order valence-corrected chi connectivity index (χ4v) is 3.06. The van der Waals surface area contributed by atoms with Gasteiger partial charge in [0.1, 0.15) is 6.54 Å². The molecule has 0 atom stereocenters. The Bertz CT molecular complexity index is 505. The van der Waals surface area contributed by atoms with Gasteiger partial charge in [-0.15, -0.1) is 0 Å². The van der Waals surface area contributed by atoms with Crippen LogP contribution in [0.1, 0.15) is 5.56 Å². The van der Waals surface area contributed by atoms with Crippen molar-refractivity contribution >= 4 is 10.0 Å². The number of nitrogens with zero attached hydrogens (tertiary/aromatic N) is 2. The number of hydrogen-bond donors (Lipinski definition) is 1. The third kappa shape index (κ3) is 5.85. The average molecular weight is 311 g/mol. The maximum atomic E-state index is 12.4. The number of alkyl halides is 3. The summed E-state index contributed by atoms with van der Waals surface area (Å²) in [5.41, 5.74) is 5.87. The summed E-state index contributed by atoms with van der Waals surface area (Å²) in [4.78, 5) is 3.78. The highest BCUT2D eigenvalue weighted by molar-refractivity contribution is 7.89. The van der Waals surface area contributed by atoms with Gasteiger partial charge in [-0.1, -0.05) is 0 Å². The summed E-state index contributed by atoms with van der Waals surface area (Å²) in [6, 6.07) is 3.24. The molecule has 0 aliphatic heterocycles. The molecule has 0 amide bonds. The van der Waals surface area contributed by atoms with Crippen LogP contribution in [0.15, 0.2) is 24.5 Å². The van der Waals surface area contributed by atoms with E-state index in [9.17, 15) is 21.6 Å². The van der Waals surface area contributed by atoms with Gasteiger partial charge in [-0.25, -0.2) is 8.42 Å². The second kappa shape index (κ2) is 7.00. The summed E-state index contributed by atoms with van der Waals surface area (Å²) in [6.07, 6.45) is -1.46. The Kier molecular flexibility index (Phi) is 5.90. The van der Waals surface area contributed by atoms with Crippen molar-refractivity contribution in [1.82, 2.24) is 9.29 Å². The van der Waals surface area contributed by atoms with E-state index in [1.807, 2.05) is 0 Å². The van der Waals surface area contributed by atoms with Crippen LogP contribution in [0.4, 0.5) is 13.2 Å². The molecule has 0 aliphatic carbocycles. The summed E-state index contributed by atoms with van der Waals surface area (Å²) in [7, 11) is -4.00. The van der Waals surface area contributed by atoms with Crippen molar-refractivity contribution in [1.29, 1.82) is 0 Å². The lowest BCUT2D eigenvalue weighted by Crippen LogP contribution is -2.43. The largest absolute Gasteiger partial charge is 0.402 e. The van der Waals surface area contributed by atoms with E-state index in [4.69, 9.17) is 5.73 Å². The lowest BCUT2D eigenvalue weighted by molar-refractivity contribution is -0.135. The predicted octanol–water partition coefficient (Wildman–Crippen LogP) is 0.777. The lowest BCUT2D eigenvalue weighted by atomic mass is 10.2. The number of aryl methyl sites for hydroxylation is 1. The van der Waals surface area contributed by atoms with Crippen LogP contribution in [0.5, 0.6) is 0 Å². The third-order valence-corrected chi connectivity index (χ3v) is 4.34. The molecule has 0 unspecified atom stereocenters. The van der Waals surface area contributed by atoms with Crippen molar-refractivity contribution in [2.75, 3.05) is 25.4 Å². The molecule has 0 aromatic carbocycles. The molecule has 0 spiro atoms. The highest BCUT2D eigenvalue weighted by Crippen LogP contribution is 2.19. The number of halogens is 3. The van der Waals surface area contributed by atoms with Gasteiger partial charge in [0.25, 0.3) is 0 Å². The topological polar surface area (TPSA) is 76.3 Å². The average Bonchev–Trinajstić information content (AvgIpc) is 2.36. The summed E-state index contributed by atoms with van der Waals surface area (Å²) in [6.45, 7) is -2.02. The van der Waals surface area contributed by atoms with E-state index in [2.05, 4.69) is 4.98 Å². The molecule has 1 rings (SSSR count). The van der Waals surface area contributed by atoms with Crippen molar-refractivity contribution in [3.05, 3.63) is 30.1 Å². The quantitative estimate of drug-likeness (QED) is 0.807. The molecule has 2 N–H and O–H groups in total. The van der Waals surface area contributed by atoms with Gasteiger partial charge in [0.2, 0.25) is 10.0 Å². The van der Waals surface area contributed by atoms with E-state index in [-0.39, 0.29) is 19.5 Å². The Morgan fingerprint density at radius 1 is 1.25 bits per heavy atom. The van der Waals surface area contributed by atoms with Crippen molar-refractivity contribution in [2.45, 2.75) is 12.6 Å². The number of rotatable bonds is 7. The highest BCUT2D eigenvalue weighted by atomic mass is 32.2. The van der Waals surface area contributed by atoms with Crippen LogP contribution in [-0.2, 0) is 16.4 Å². The van der Waals surface area contributed by atoms with Gasteiger partial charge in [-0.05, 0) is 24.1 Å². The first-order chi connectivity index (χ1) is 9.24. The standard InChI is InChI=1S/C11H16F3N3O2S/c12-11(13,14)9-17(7-4-15)20(18,19)8-3-10-1-5-16-6-2-10/h1-2,5-6H,3-4,7-9,15H2. The van der Waals surface area contributed by atoms with Crippen LogP contribution < -0.4 is 5.73 Å². The molecule has 1 heterocycles. The van der Waals surface area contributed by atoms with Crippen LogP contribution in [0.3, 0.4) is 0 Å². The molecule has 0 radical (unpaired) electrons. The number of aromatic nitrogens is 1. The van der Waals surface area contributed by atoms with Gasteiger partial charge in [-0.3, -0.25) is 4.98 Å². The zero-order chi connectivity index (χ0) is 15.2. The van der Waals surface area contributed by atoms with Crippen molar-refractivity contribution in [3.63, 3.8) is 0 Å². The van der Waals surface area contributed by atoms with Gasteiger partial charge in [0.05, 0.1) is 5.75 Å². The molecule has 1 aromatic heterocycles. The van der Waals surface area contributed by atoms with Crippen LogP contribution >= 0.6 is 0 Å². The minimum absolute atomic E-state index is 0.129. The fourth-order valence-electron chi connectivity index (χ4n) is 1.59. The molecule has 0 aliphatic rings. The third-order valence-electron chi connectivity index (χ3n) is 2.53. The van der Waals surface area contributed by atoms with Crippen LogP contribution in [-0.4, -0.2) is 49.3 Å². The highest BCUT2D eigenvalue weighted by Gasteiger charge is 2.35. The van der Waals surface area contributed by atoms with E-state index < -0.39 is 28.5 Å². The molecule has 0 saturated heterocycles. The minimum atomic E-state index is -4.58. The molecule has 5 nitrogen and oxygen atoms in total. The number of pyridine rings is 1. The second-order valence-electron chi connectivity index (χ2n) is 4.16. The van der Waals surface area contributed by atoms with E-state index in [1.54, 1.807) is 12.1 Å². The lowest BCUT2D eigenvalue weighted by Gasteiger charge is -2.22. The Morgan fingerprint density at radius 3 is 2.35 bits per heavy atom. The Morgan fingerprint density at radius 2 is 1.85 bits per heavy atom. The Balaban J connectivity index is 2.72. The molecular weight excluding hydrogens is 295 g/mol. The Labute approximate surface area is 115 Å². The first-order valence-corrected chi connectivity index (χ1v) is 7.49. The Hall–Kier alpha value is -1.19. The van der Waals surface area contributed by atoms with E-state index in [0.717, 1.165) is 0 Å². The number of sulfonamides is 1. The first-order valence-electron chi connectivity index (χ1n) is 5.88. The van der Waals surface area contributed by atoms with Gasteiger partial charge >= 0.3 is 6.18 Å². The molecular formula is C11H16F3N3O2S. The summed E-state index contributed by atoms with van der Waals surface area (Å²) in [5.74, 6) is -0.396. The molecule has 0 fully saturated rings. The summed E-state index contributed by atoms with van der Waals surface area (Å²) >= 11 is 0. The molecule has 114 valence electrons. The zero-order valence-electron chi connectivity index (χ0n) is 10.7. The molecule has 1 aromatic rings. The minimum Gasteiger partial charge on any atom is -0.329 e. The smallest absolute Gasteiger partial charge is 0.329 e. The number of hydrogen-bond acceptors (Lipinski definition) is 4. The predicted molar refractivity (Wildman–Crippen MR) is 68.4 cm³/mol. The van der Waals surface area contributed by atoms with Gasteiger partial charge in [0.15, 0.2) is 0 Å². The SMILES string of the molecule is NCCN(CC(F)(F)F)S(=O)(=O)CCc1ccncc1. The van der Waals surface area contributed by atoms with Crippen molar-refractivity contribution in [2.24, 2.45) is 5.73 Å². The van der Waals surface area contributed by atoms with Gasteiger partial charge < -0.3 is 5.73 Å². The van der Waals surface area contributed by atoms with Gasteiger partial charge in [-0.2, -0.15) is 17.5 Å². The normalized spacial score (nSPS) is 12.8. The first kappa shape index (κ1) is 16.9. The van der Waals surface area contributed by atoms with E-state index >= 15 is 0 Å². The summed E-state index contributed by atoms with van der Waals surface area (Å²) in [5, 5.41) is 0. The maximum Gasteiger partial charge on any atom is 0.402 e. The van der Waals surface area contributed by atoms with Crippen LogP contribution in [0.2, 0.25) is 0 Å². The van der Waals surface area contributed by atoms with E-state index in [1.165, 1.54) is 12.4 Å².